The van der Waals surface area contributed by atoms with Crippen molar-refractivity contribution in [1.82, 2.24) is 21.3 Å². The van der Waals surface area contributed by atoms with E-state index in [0.717, 1.165) is 39.1 Å². The van der Waals surface area contributed by atoms with Crippen LogP contribution >= 0.6 is 0 Å². The van der Waals surface area contributed by atoms with Gasteiger partial charge in [-0.3, -0.25) is 19.7 Å². The van der Waals surface area contributed by atoms with Crippen LogP contribution in [-0.2, 0) is 27.2 Å². The highest BCUT2D eigenvalue weighted by Crippen LogP contribution is 2.26. The predicted octanol–water partition coefficient (Wildman–Crippen LogP) is 6.28. The van der Waals surface area contributed by atoms with Crippen LogP contribution in [0, 0.1) is 17.8 Å². The number of hydrogen-bond donors (Lipinski definition) is 5. The van der Waals surface area contributed by atoms with Crippen molar-refractivity contribution >= 4 is 39.3 Å². The van der Waals surface area contributed by atoms with Crippen molar-refractivity contribution in [2.24, 2.45) is 17.8 Å². The first-order valence-corrected chi connectivity index (χ1v) is 18.2. The highest BCUT2D eigenvalue weighted by Gasteiger charge is 2.31. The Morgan fingerprint density at radius 3 is 1.76 bits per heavy atom. The van der Waals surface area contributed by atoms with Crippen molar-refractivity contribution in [3.8, 4) is 0 Å². The third kappa shape index (κ3) is 11.1. The molecule has 5 N–H and O–H groups in total. The lowest BCUT2D eigenvalue weighted by Crippen LogP contribution is -2.60. The Hall–Kier alpha value is -4.27. The average molecular weight is 681 g/mol. The van der Waals surface area contributed by atoms with Gasteiger partial charge in [-0.05, 0) is 77.6 Å². The summed E-state index contributed by atoms with van der Waals surface area (Å²) < 4.78 is 0. The SMILES string of the molecule is CC[C@H](C)CNC(=O)C[C@H](O)[C@H](CC(C)C)NC(=O)C(NC(=O)C(Cc1cccc2ccccc12)Cc1cccc2ccccc12)NC(C)C. The number of amides is 3. The van der Waals surface area contributed by atoms with E-state index in [1.807, 2.05) is 64.1 Å². The monoisotopic (exact) mass is 680 g/mol. The first-order valence-electron chi connectivity index (χ1n) is 18.2. The van der Waals surface area contributed by atoms with E-state index >= 15 is 0 Å². The van der Waals surface area contributed by atoms with Gasteiger partial charge in [0.15, 0.2) is 6.17 Å². The number of hydrogen-bond acceptors (Lipinski definition) is 5. The quantitative estimate of drug-likeness (QED) is 0.0793. The molecule has 0 heterocycles. The van der Waals surface area contributed by atoms with Crippen molar-refractivity contribution in [2.75, 3.05) is 6.54 Å². The number of aliphatic hydroxyl groups excluding tert-OH is 1. The fourth-order valence-electron chi connectivity index (χ4n) is 6.43. The van der Waals surface area contributed by atoms with Gasteiger partial charge in [-0.15, -0.1) is 0 Å². The second-order valence-corrected chi connectivity index (χ2v) is 14.5. The van der Waals surface area contributed by atoms with Crippen LogP contribution in [0.5, 0.6) is 0 Å². The van der Waals surface area contributed by atoms with E-state index in [1.165, 1.54) is 0 Å². The number of carbonyl (C=O) groups excluding carboxylic acids is 3. The van der Waals surface area contributed by atoms with E-state index in [1.54, 1.807) is 0 Å². The molecule has 0 aliphatic heterocycles. The molecule has 4 aromatic carbocycles. The molecule has 0 bridgehead atoms. The van der Waals surface area contributed by atoms with Gasteiger partial charge in [0, 0.05) is 18.5 Å². The van der Waals surface area contributed by atoms with Gasteiger partial charge in [-0.2, -0.15) is 0 Å². The van der Waals surface area contributed by atoms with Gasteiger partial charge in [0.1, 0.15) is 0 Å². The zero-order valence-electron chi connectivity index (χ0n) is 30.5. The number of nitrogens with one attached hydrogen (secondary N) is 4. The highest BCUT2D eigenvalue weighted by atomic mass is 16.3. The lowest BCUT2D eigenvalue weighted by Gasteiger charge is -2.30. The Kier molecular flexibility index (Phi) is 14.4. The zero-order chi connectivity index (χ0) is 36.2. The van der Waals surface area contributed by atoms with Gasteiger partial charge < -0.3 is 21.1 Å². The maximum atomic E-state index is 14.4. The molecule has 8 nitrogen and oxygen atoms in total. The third-order valence-electron chi connectivity index (χ3n) is 9.37. The molecule has 1 unspecified atom stereocenters. The molecule has 0 spiro atoms. The van der Waals surface area contributed by atoms with E-state index in [4.69, 9.17) is 0 Å². The maximum absolute atomic E-state index is 14.4. The van der Waals surface area contributed by atoms with Gasteiger partial charge in [0.25, 0.3) is 5.91 Å². The van der Waals surface area contributed by atoms with E-state index in [2.05, 4.69) is 83.6 Å². The Morgan fingerprint density at radius 1 is 0.700 bits per heavy atom. The van der Waals surface area contributed by atoms with Crippen LogP contribution < -0.4 is 21.3 Å². The van der Waals surface area contributed by atoms with Crippen LogP contribution in [0.1, 0.15) is 71.9 Å². The lowest BCUT2D eigenvalue weighted by atomic mass is 9.88. The Labute approximate surface area is 297 Å². The Bertz CT molecular complexity index is 1630. The molecule has 0 radical (unpaired) electrons. The number of fused-ring (bicyclic) bond motifs is 2. The number of benzene rings is 4. The minimum atomic E-state index is -1.08. The molecule has 50 heavy (non-hydrogen) atoms. The number of rotatable bonds is 18. The molecule has 4 aromatic rings. The summed E-state index contributed by atoms with van der Waals surface area (Å²) in [6.07, 6.45) is 0.111. The number of carbonyl (C=O) groups is 3. The van der Waals surface area contributed by atoms with Crippen LogP contribution in [0.25, 0.3) is 21.5 Å². The largest absolute Gasteiger partial charge is 0.390 e. The van der Waals surface area contributed by atoms with Crippen LogP contribution in [-0.4, -0.2) is 53.7 Å². The molecule has 0 saturated heterocycles. The minimum absolute atomic E-state index is 0.124. The molecule has 0 aliphatic carbocycles. The summed E-state index contributed by atoms with van der Waals surface area (Å²) >= 11 is 0. The normalized spacial score (nSPS) is 14.1. The second-order valence-electron chi connectivity index (χ2n) is 14.5. The molecule has 0 aromatic heterocycles. The molecule has 0 aliphatic rings. The Balaban J connectivity index is 1.58. The summed E-state index contributed by atoms with van der Waals surface area (Å²) in [5.74, 6) is -0.957. The standard InChI is InChI=1S/C42H56N4O4/c1-7-29(6)26-43-39(48)25-38(47)37(22-27(2)3)45-42(50)40(44-28(4)5)46-41(49)34(23-32-18-12-16-30-14-8-10-20-35(30)32)24-33-19-13-17-31-15-9-11-21-36(31)33/h8-21,27-29,34,37-38,40,44,47H,7,22-26H2,1-6H3,(H,43,48)(H,45,50)(H,46,49)/t29-,37-,38-,40?/m0/s1. The lowest BCUT2D eigenvalue weighted by molar-refractivity contribution is -0.133. The highest BCUT2D eigenvalue weighted by molar-refractivity contribution is 5.91. The molecule has 0 saturated carbocycles. The van der Waals surface area contributed by atoms with Crippen LogP contribution in [0.15, 0.2) is 84.9 Å². The summed E-state index contributed by atoms with van der Waals surface area (Å²) in [4.78, 5) is 41.0. The van der Waals surface area contributed by atoms with Gasteiger partial charge >= 0.3 is 0 Å². The average Bonchev–Trinajstić information content (AvgIpc) is 3.09. The van der Waals surface area contributed by atoms with E-state index < -0.39 is 30.1 Å². The molecule has 8 heteroatoms. The van der Waals surface area contributed by atoms with Gasteiger partial charge in [0.05, 0.1) is 18.6 Å². The smallest absolute Gasteiger partial charge is 0.257 e. The topological polar surface area (TPSA) is 120 Å². The van der Waals surface area contributed by atoms with Crippen molar-refractivity contribution in [3.05, 3.63) is 96.1 Å². The third-order valence-corrected chi connectivity index (χ3v) is 9.37. The van der Waals surface area contributed by atoms with Gasteiger partial charge in [-0.1, -0.05) is 119 Å². The molecular weight excluding hydrogens is 624 g/mol. The predicted molar refractivity (Wildman–Crippen MR) is 203 cm³/mol. The van der Waals surface area contributed by atoms with Crippen LogP contribution in [0.4, 0.5) is 0 Å². The number of aliphatic hydroxyl groups is 1. The summed E-state index contributed by atoms with van der Waals surface area (Å²) in [7, 11) is 0. The maximum Gasteiger partial charge on any atom is 0.257 e. The van der Waals surface area contributed by atoms with E-state index in [9.17, 15) is 19.5 Å². The van der Waals surface area contributed by atoms with E-state index in [-0.39, 0.29) is 30.2 Å². The first kappa shape index (κ1) is 38.5. The molecule has 0 fully saturated rings. The summed E-state index contributed by atoms with van der Waals surface area (Å²) in [6, 6.07) is 27.9. The van der Waals surface area contributed by atoms with Crippen molar-refractivity contribution in [3.63, 3.8) is 0 Å². The molecular formula is C42H56N4O4. The second kappa shape index (κ2) is 18.6. The van der Waals surface area contributed by atoms with Crippen LogP contribution in [0.3, 0.4) is 0 Å². The fraction of sp³-hybridized carbons (Fsp3) is 0.452. The molecule has 4 atom stereocenters. The van der Waals surface area contributed by atoms with Crippen molar-refractivity contribution < 1.29 is 19.5 Å². The van der Waals surface area contributed by atoms with Crippen molar-refractivity contribution in [1.29, 1.82) is 0 Å². The minimum Gasteiger partial charge on any atom is -0.390 e. The van der Waals surface area contributed by atoms with Gasteiger partial charge in [-0.25, -0.2) is 0 Å². The molecule has 3 amide bonds. The summed E-state index contributed by atoms with van der Waals surface area (Å²) in [6.45, 7) is 12.5. The van der Waals surface area contributed by atoms with Crippen LogP contribution in [0.2, 0.25) is 0 Å². The molecule has 268 valence electrons. The summed E-state index contributed by atoms with van der Waals surface area (Å²) in [5, 5.41) is 27.7. The van der Waals surface area contributed by atoms with Gasteiger partial charge in [0.2, 0.25) is 11.8 Å². The zero-order valence-corrected chi connectivity index (χ0v) is 30.5. The fourth-order valence-corrected chi connectivity index (χ4v) is 6.43. The summed E-state index contributed by atoms with van der Waals surface area (Å²) in [5.41, 5.74) is 2.13. The first-order chi connectivity index (χ1) is 23.9. The Morgan fingerprint density at radius 2 is 1.24 bits per heavy atom. The molecule has 4 rings (SSSR count). The van der Waals surface area contributed by atoms with Crippen molar-refractivity contribution in [2.45, 2.75) is 98.0 Å². The van der Waals surface area contributed by atoms with E-state index in [0.29, 0.717) is 31.7 Å².